The third-order valence-electron chi connectivity index (χ3n) is 1.11. The molecule has 0 saturated carbocycles. The molecule has 0 fully saturated rings. The van der Waals surface area contributed by atoms with Gasteiger partial charge in [0.05, 0.1) is 0 Å². The topological polar surface area (TPSA) is 0 Å². The zero-order valence-electron chi connectivity index (χ0n) is 6.94. The van der Waals surface area contributed by atoms with Gasteiger partial charge in [0.15, 0.2) is 0 Å². The Hall–Kier alpha value is 2.83. The number of hydrogen-bond acceptors (Lipinski definition) is 0. The fourth-order valence-corrected chi connectivity index (χ4v) is 0.591. The first kappa shape index (κ1) is 15.3. The zero-order valence-corrected chi connectivity index (χ0v) is 16.8. The van der Waals surface area contributed by atoms with Gasteiger partial charge < -0.3 is 18.2 Å². The predicted molar refractivity (Wildman–Crippen MR) is 33.5 cm³/mol. The number of rotatable bonds is 1. The van der Waals surface area contributed by atoms with E-state index in [-0.39, 0.29) is 116 Å². The molecule has 0 aliphatic carbocycles. The Labute approximate surface area is 161 Å². The van der Waals surface area contributed by atoms with Gasteiger partial charge in [-0.2, -0.15) is 0 Å². The Bertz CT molecular complexity index is 149. The second kappa shape index (κ2) is 9.91. The van der Waals surface area contributed by atoms with Crippen molar-refractivity contribution < 1.29 is 116 Å². The number of hydrogen-bond donors (Lipinski definition) is 0. The van der Waals surface area contributed by atoms with Crippen molar-refractivity contribution in [1.29, 1.82) is 0 Å². The molecule has 2 heteroatoms. The minimum absolute atomic E-state index is 0. The zero-order chi connectivity index (χ0) is 5.82. The average molecular weight is 275 g/mol. The molecule has 0 unspecified atom stereocenters. The summed E-state index contributed by atoms with van der Waals surface area (Å²) in [4.78, 5) is 0. The van der Waals surface area contributed by atoms with Gasteiger partial charge in [-0.3, -0.25) is 17.7 Å². The summed E-state index contributed by atoms with van der Waals surface area (Å²) in [5.74, 6) is 0. The summed E-state index contributed by atoms with van der Waals surface area (Å²) in [5.41, 5.74) is 1.30. The van der Waals surface area contributed by atoms with Crippen molar-refractivity contribution in [3.8, 4) is 0 Å². The Morgan fingerprint density at radius 1 is 1.20 bits per heavy atom. The normalized spacial score (nSPS) is 7.30. The van der Waals surface area contributed by atoms with Gasteiger partial charge in [-0.05, 0) is 0 Å². The van der Waals surface area contributed by atoms with Gasteiger partial charge in [0.2, 0.25) is 0 Å². The molecular formula is C8H8Rb2. The molecule has 0 heterocycles. The molecule has 0 nitrogen and oxygen atoms in total. The molecule has 0 spiro atoms. The van der Waals surface area contributed by atoms with Crippen LogP contribution < -0.4 is 116 Å². The van der Waals surface area contributed by atoms with Crippen molar-refractivity contribution >= 4 is 0 Å². The van der Waals surface area contributed by atoms with Crippen LogP contribution >= 0.6 is 0 Å². The van der Waals surface area contributed by atoms with Crippen LogP contribution in [-0.2, 0) is 6.42 Å². The molecular weight excluding hydrogens is 267 g/mol. The maximum Gasteiger partial charge on any atom is 1.00 e. The quantitative estimate of drug-likeness (QED) is 0.457. The van der Waals surface area contributed by atoms with E-state index < -0.39 is 0 Å². The summed E-state index contributed by atoms with van der Waals surface area (Å²) in [6, 6.07) is 11.7. The van der Waals surface area contributed by atoms with Gasteiger partial charge in [0, 0.05) is 0 Å². The van der Waals surface area contributed by atoms with Gasteiger partial charge in [-0.15, -0.1) is 6.42 Å². The minimum atomic E-state index is 0. The molecule has 0 atom stereocenters. The standard InChI is InChI=1S/C8H8.2Rb/c1-2-8-6-4-3-5-7-8;;/h3,6-7H,2H2,1H3;;/q-2;2*+1. The Balaban J connectivity index is 0. The Morgan fingerprint density at radius 2 is 1.70 bits per heavy atom. The summed E-state index contributed by atoms with van der Waals surface area (Å²) in [6.07, 6.45) is 1.08. The summed E-state index contributed by atoms with van der Waals surface area (Å²) >= 11 is 0. The Morgan fingerprint density at radius 3 is 2.00 bits per heavy atom. The second-order valence-electron chi connectivity index (χ2n) is 1.69. The largest absolute Gasteiger partial charge is 1.00 e. The van der Waals surface area contributed by atoms with Gasteiger partial charge in [0.1, 0.15) is 0 Å². The van der Waals surface area contributed by atoms with Gasteiger partial charge in [-0.25, -0.2) is 0 Å². The third-order valence-corrected chi connectivity index (χ3v) is 1.11. The minimum Gasteiger partial charge on any atom is -0.359 e. The molecule has 0 aliphatic heterocycles. The summed E-state index contributed by atoms with van der Waals surface area (Å²) in [7, 11) is 0. The van der Waals surface area contributed by atoms with Crippen molar-refractivity contribution in [2.24, 2.45) is 0 Å². The molecule has 1 aromatic carbocycles. The van der Waals surface area contributed by atoms with E-state index in [9.17, 15) is 0 Å². The van der Waals surface area contributed by atoms with Gasteiger partial charge in [0.25, 0.3) is 0 Å². The van der Waals surface area contributed by atoms with Crippen molar-refractivity contribution in [2.75, 3.05) is 0 Å². The fraction of sp³-hybridized carbons (Fsp3) is 0.250. The molecule has 0 aliphatic rings. The van der Waals surface area contributed by atoms with E-state index in [1.807, 2.05) is 12.1 Å². The van der Waals surface area contributed by atoms with Crippen LogP contribution in [0.3, 0.4) is 0 Å². The average Bonchev–Trinajstić information content (AvgIpc) is 1.90. The summed E-state index contributed by atoms with van der Waals surface area (Å²) in [5, 5.41) is 0. The molecule has 0 N–H and O–H groups in total. The first-order chi connectivity index (χ1) is 3.93. The first-order valence-electron chi connectivity index (χ1n) is 2.79. The predicted octanol–water partition coefficient (Wildman–Crippen LogP) is -4.14. The van der Waals surface area contributed by atoms with Crippen molar-refractivity contribution in [2.45, 2.75) is 13.3 Å². The van der Waals surface area contributed by atoms with E-state index in [1.165, 1.54) is 5.56 Å². The van der Waals surface area contributed by atoms with Crippen molar-refractivity contribution in [3.05, 3.63) is 35.9 Å². The monoisotopic (exact) mass is 274 g/mol. The SMILES string of the molecule is CCc1c[c-]c[c-]c1.[Rb+].[Rb+]. The smallest absolute Gasteiger partial charge is 0.359 e. The van der Waals surface area contributed by atoms with Crippen LogP contribution in [0.15, 0.2) is 18.2 Å². The van der Waals surface area contributed by atoms with E-state index in [4.69, 9.17) is 0 Å². The van der Waals surface area contributed by atoms with Crippen LogP contribution in [0.5, 0.6) is 0 Å². The molecule has 0 radical (unpaired) electrons. The molecule has 42 valence electrons. The molecule has 0 saturated heterocycles. The molecule has 1 rings (SSSR count). The number of benzene rings is 1. The van der Waals surface area contributed by atoms with E-state index in [0.29, 0.717) is 0 Å². The van der Waals surface area contributed by atoms with Crippen LogP contribution in [0.4, 0.5) is 0 Å². The first-order valence-corrected chi connectivity index (χ1v) is 2.79. The van der Waals surface area contributed by atoms with Crippen LogP contribution in [0.1, 0.15) is 12.5 Å². The van der Waals surface area contributed by atoms with Crippen molar-refractivity contribution in [3.63, 3.8) is 0 Å². The summed E-state index contributed by atoms with van der Waals surface area (Å²) in [6.45, 7) is 2.12. The van der Waals surface area contributed by atoms with E-state index in [2.05, 4.69) is 19.1 Å². The summed E-state index contributed by atoms with van der Waals surface area (Å²) < 4.78 is 0. The maximum atomic E-state index is 2.96. The molecule has 0 bridgehead atoms. The van der Waals surface area contributed by atoms with Crippen LogP contribution in [-0.4, -0.2) is 0 Å². The van der Waals surface area contributed by atoms with Crippen LogP contribution in [0.25, 0.3) is 0 Å². The van der Waals surface area contributed by atoms with E-state index in [0.717, 1.165) is 6.42 Å². The number of aryl methyl sites for hydroxylation is 1. The Kier molecular flexibility index (Phi) is 15.2. The van der Waals surface area contributed by atoms with Gasteiger partial charge >= 0.3 is 116 Å². The molecule has 0 amide bonds. The van der Waals surface area contributed by atoms with E-state index >= 15 is 0 Å². The van der Waals surface area contributed by atoms with Gasteiger partial charge in [-0.1, -0.05) is 6.92 Å². The van der Waals surface area contributed by atoms with Crippen LogP contribution in [0, 0.1) is 12.1 Å². The third kappa shape index (κ3) is 6.36. The molecule has 0 aromatic heterocycles. The maximum absolute atomic E-state index is 2.96. The molecule has 1 aromatic rings. The van der Waals surface area contributed by atoms with E-state index in [1.54, 1.807) is 6.07 Å². The molecule has 10 heavy (non-hydrogen) atoms. The second-order valence-corrected chi connectivity index (χ2v) is 1.69. The van der Waals surface area contributed by atoms with Crippen molar-refractivity contribution in [1.82, 2.24) is 0 Å². The fourth-order valence-electron chi connectivity index (χ4n) is 0.591. The van der Waals surface area contributed by atoms with Crippen LogP contribution in [0.2, 0.25) is 0 Å².